The van der Waals surface area contributed by atoms with Gasteiger partial charge in [-0.2, -0.15) is 0 Å². The lowest BCUT2D eigenvalue weighted by molar-refractivity contribution is 0.200. The van der Waals surface area contributed by atoms with Crippen LogP contribution in [0.5, 0.6) is 0 Å². The zero-order valence-electron chi connectivity index (χ0n) is 14.3. The lowest BCUT2D eigenvalue weighted by atomic mass is 9.98. The van der Waals surface area contributed by atoms with E-state index in [1.807, 2.05) is 23.5 Å². The average Bonchev–Trinajstić information content (AvgIpc) is 2.97. The molecular weight excluding hydrogens is 361 g/mol. The molecule has 0 saturated carbocycles. The highest BCUT2D eigenvalue weighted by molar-refractivity contribution is 7.09. The summed E-state index contributed by atoms with van der Waals surface area (Å²) in [6.45, 7) is 7.70. The predicted molar refractivity (Wildman–Crippen MR) is 109 cm³/mol. The minimum Gasteiger partial charge on any atom is -0.399 e. The number of nitrogen functional groups attached to an aromatic ring is 1. The van der Waals surface area contributed by atoms with Crippen LogP contribution < -0.4 is 5.73 Å². The van der Waals surface area contributed by atoms with Gasteiger partial charge in [0.15, 0.2) is 0 Å². The Labute approximate surface area is 161 Å². The highest BCUT2D eigenvalue weighted by Crippen LogP contribution is 2.31. The van der Waals surface area contributed by atoms with E-state index >= 15 is 0 Å². The van der Waals surface area contributed by atoms with Gasteiger partial charge in [-0.05, 0) is 43.0 Å². The molecule has 1 fully saturated rings. The number of aromatic nitrogens is 1. The fourth-order valence-electron chi connectivity index (χ4n) is 3.10. The van der Waals surface area contributed by atoms with Gasteiger partial charge in [0, 0.05) is 30.1 Å². The number of likely N-dealkylation sites (tertiary alicyclic amines) is 1. The van der Waals surface area contributed by atoms with E-state index in [0.29, 0.717) is 11.8 Å². The topological polar surface area (TPSA) is 42.1 Å². The molecular formula is C18H27Cl2N3S. The highest BCUT2D eigenvalue weighted by atomic mass is 35.5. The molecule has 1 aromatic carbocycles. The van der Waals surface area contributed by atoms with Gasteiger partial charge in [-0.25, -0.2) is 4.98 Å². The number of hydrogen-bond donors (Lipinski definition) is 1. The first-order chi connectivity index (χ1) is 10.6. The molecule has 1 aliphatic rings. The van der Waals surface area contributed by atoms with Crippen LogP contribution in [0.1, 0.15) is 54.8 Å². The van der Waals surface area contributed by atoms with Gasteiger partial charge in [0.1, 0.15) is 0 Å². The molecule has 1 aromatic heterocycles. The molecule has 3 rings (SSSR count). The first-order valence-electron chi connectivity index (χ1n) is 8.14. The lowest BCUT2D eigenvalue weighted by Crippen LogP contribution is -2.33. The van der Waals surface area contributed by atoms with E-state index < -0.39 is 0 Å². The average molecular weight is 388 g/mol. The fourth-order valence-corrected chi connectivity index (χ4v) is 4.21. The Balaban J connectivity index is 0.00000144. The van der Waals surface area contributed by atoms with Gasteiger partial charge in [0.05, 0.1) is 10.7 Å². The third-order valence-corrected chi connectivity index (χ3v) is 5.37. The van der Waals surface area contributed by atoms with E-state index in [2.05, 4.69) is 36.3 Å². The Kier molecular flexibility index (Phi) is 8.51. The second-order valence-corrected chi connectivity index (χ2v) is 7.47. The third kappa shape index (κ3) is 5.35. The van der Waals surface area contributed by atoms with Crippen LogP contribution >= 0.6 is 36.2 Å². The second kappa shape index (κ2) is 9.62. The van der Waals surface area contributed by atoms with Crippen molar-refractivity contribution in [3.63, 3.8) is 0 Å². The Morgan fingerprint density at radius 3 is 2.79 bits per heavy atom. The number of anilines is 1. The van der Waals surface area contributed by atoms with Crippen LogP contribution in [0.3, 0.4) is 0 Å². The zero-order valence-corrected chi connectivity index (χ0v) is 16.7. The van der Waals surface area contributed by atoms with Crippen LogP contribution in [-0.4, -0.2) is 23.0 Å². The van der Waals surface area contributed by atoms with Gasteiger partial charge >= 0.3 is 0 Å². The van der Waals surface area contributed by atoms with Crippen molar-refractivity contribution in [3.8, 4) is 0 Å². The smallest absolute Gasteiger partial charge is 0.0972 e. The number of piperidine rings is 1. The quantitative estimate of drug-likeness (QED) is 0.744. The second-order valence-electron chi connectivity index (χ2n) is 6.58. The van der Waals surface area contributed by atoms with E-state index in [4.69, 9.17) is 10.7 Å². The molecule has 0 spiro atoms. The SMILES string of the molecule is CC(C)c1csc(C2CCCN(Cc3cccc(N)c3)C2)n1.Cl.Cl. The van der Waals surface area contributed by atoms with E-state index in [0.717, 1.165) is 18.8 Å². The molecule has 1 atom stereocenters. The van der Waals surface area contributed by atoms with Crippen molar-refractivity contribution in [2.24, 2.45) is 0 Å². The summed E-state index contributed by atoms with van der Waals surface area (Å²) in [5, 5.41) is 3.55. The summed E-state index contributed by atoms with van der Waals surface area (Å²) in [6, 6.07) is 8.25. The molecule has 0 radical (unpaired) electrons. The van der Waals surface area contributed by atoms with Crippen molar-refractivity contribution in [1.29, 1.82) is 0 Å². The summed E-state index contributed by atoms with van der Waals surface area (Å²) in [7, 11) is 0. The van der Waals surface area contributed by atoms with E-state index in [1.165, 1.54) is 35.7 Å². The Morgan fingerprint density at radius 1 is 1.33 bits per heavy atom. The molecule has 0 bridgehead atoms. The van der Waals surface area contributed by atoms with Crippen molar-refractivity contribution in [3.05, 3.63) is 45.9 Å². The lowest BCUT2D eigenvalue weighted by Gasteiger charge is -2.31. The molecule has 2 aromatic rings. The van der Waals surface area contributed by atoms with Crippen molar-refractivity contribution >= 4 is 41.8 Å². The monoisotopic (exact) mass is 387 g/mol. The molecule has 24 heavy (non-hydrogen) atoms. The Hall–Kier alpha value is -0.810. The maximum atomic E-state index is 5.89. The number of nitrogens with two attached hydrogens (primary N) is 1. The maximum absolute atomic E-state index is 5.89. The Morgan fingerprint density at radius 2 is 2.12 bits per heavy atom. The van der Waals surface area contributed by atoms with Gasteiger partial charge < -0.3 is 5.73 Å². The highest BCUT2D eigenvalue weighted by Gasteiger charge is 2.24. The van der Waals surface area contributed by atoms with Gasteiger partial charge in [-0.15, -0.1) is 36.2 Å². The molecule has 2 heterocycles. The number of benzene rings is 1. The minimum absolute atomic E-state index is 0. The summed E-state index contributed by atoms with van der Waals surface area (Å²) in [5.41, 5.74) is 9.29. The molecule has 0 aliphatic carbocycles. The number of rotatable bonds is 4. The number of thiazole rings is 1. The number of nitrogens with zero attached hydrogens (tertiary/aromatic N) is 2. The van der Waals surface area contributed by atoms with Crippen molar-refractivity contribution in [1.82, 2.24) is 9.88 Å². The van der Waals surface area contributed by atoms with Crippen LogP contribution in [0.2, 0.25) is 0 Å². The van der Waals surface area contributed by atoms with Crippen molar-refractivity contribution in [2.45, 2.75) is 45.1 Å². The van der Waals surface area contributed by atoms with Crippen molar-refractivity contribution in [2.75, 3.05) is 18.8 Å². The van der Waals surface area contributed by atoms with Gasteiger partial charge in [-0.1, -0.05) is 26.0 Å². The predicted octanol–water partition coefficient (Wildman–Crippen LogP) is 5.07. The number of halogens is 2. The first-order valence-corrected chi connectivity index (χ1v) is 9.02. The van der Waals surface area contributed by atoms with E-state index in [-0.39, 0.29) is 24.8 Å². The largest absolute Gasteiger partial charge is 0.399 e. The summed E-state index contributed by atoms with van der Waals surface area (Å²) in [5.74, 6) is 1.12. The van der Waals surface area contributed by atoms with Crippen LogP contribution in [0.15, 0.2) is 29.6 Å². The standard InChI is InChI=1S/C18H25N3S.2ClH/c1-13(2)17-12-22-18(20-17)15-6-4-8-21(11-15)10-14-5-3-7-16(19)9-14;;/h3,5,7,9,12-13,15H,4,6,8,10-11,19H2,1-2H3;2*1H. The normalized spacial score (nSPS) is 18.0. The van der Waals surface area contributed by atoms with Crippen LogP contribution in [0.4, 0.5) is 5.69 Å². The van der Waals surface area contributed by atoms with Gasteiger partial charge in [-0.3, -0.25) is 4.90 Å². The molecule has 6 heteroatoms. The first kappa shape index (κ1) is 21.2. The Bertz CT molecular complexity index is 630. The molecule has 1 unspecified atom stereocenters. The summed E-state index contributed by atoms with van der Waals surface area (Å²) < 4.78 is 0. The number of hydrogen-bond acceptors (Lipinski definition) is 4. The van der Waals surface area contributed by atoms with E-state index in [1.54, 1.807) is 0 Å². The maximum Gasteiger partial charge on any atom is 0.0972 e. The van der Waals surface area contributed by atoms with Crippen molar-refractivity contribution < 1.29 is 0 Å². The molecule has 3 nitrogen and oxygen atoms in total. The van der Waals surface area contributed by atoms with Crippen LogP contribution in [0.25, 0.3) is 0 Å². The zero-order chi connectivity index (χ0) is 15.5. The van der Waals surface area contributed by atoms with Gasteiger partial charge in [0.25, 0.3) is 0 Å². The molecule has 1 aliphatic heterocycles. The minimum atomic E-state index is 0. The summed E-state index contributed by atoms with van der Waals surface area (Å²) >= 11 is 1.84. The van der Waals surface area contributed by atoms with Crippen LogP contribution in [-0.2, 0) is 6.54 Å². The molecule has 0 amide bonds. The molecule has 2 N–H and O–H groups in total. The van der Waals surface area contributed by atoms with Crippen LogP contribution in [0, 0.1) is 0 Å². The molecule has 1 saturated heterocycles. The van der Waals surface area contributed by atoms with E-state index in [9.17, 15) is 0 Å². The fraction of sp³-hybridized carbons (Fsp3) is 0.500. The third-order valence-electron chi connectivity index (χ3n) is 4.34. The van der Waals surface area contributed by atoms with Gasteiger partial charge in [0.2, 0.25) is 0 Å². The summed E-state index contributed by atoms with van der Waals surface area (Å²) in [6.07, 6.45) is 2.52. The molecule has 134 valence electrons. The summed E-state index contributed by atoms with van der Waals surface area (Å²) in [4.78, 5) is 7.40.